The van der Waals surface area contributed by atoms with Gasteiger partial charge in [0.15, 0.2) is 4.71 Å². The Kier molecular flexibility index (Phi) is 2.80. The smallest absolute Gasteiger partial charge is 0.191 e. The van der Waals surface area contributed by atoms with Gasteiger partial charge in [-0.25, -0.2) is 0 Å². The highest BCUT2D eigenvalue weighted by atomic mass is 32.1. The highest BCUT2D eigenvalue weighted by molar-refractivity contribution is 7.71. The second-order valence-corrected chi connectivity index (χ2v) is 6.82. The Labute approximate surface area is 123 Å². The standard InChI is InChI=1S/C17H18O2S/c1-9-6-12-15(10(2)7-13(20)19-12)16-14(9)11(8-18-16)17(3,4)5/h6-8H,1-5H3. The fourth-order valence-electron chi connectivity index (χ4n) is 2.78. The third kappa shape index (κ3) is 1.88. The van der Waals surface area contributed by atoms with Gasteiger partial charge in [0.1, 0.15) is 11.2 Å². The van der Waals surface area contributed by atoms with Gasteiger partial charge in [-0.05, 0) is 54.7 Å². The summed E-state index contributed by atoms with van der Waals surface area (Å²) in [6.07, 6.45) is 1.87. The number of aryl methyl sites for hydroxylation is 2. The molecule has 3 heteroatoms. The zero-order chi connectivity index (χ0) is 14.7. The van der Waals surface area contributed by atoms with Crippen molar-refractivity contribution in [3.8, 4) is 0 Å². The molecule has 0 amide bonds. The number of furan rings is 1. The van der Waals surface area contributed by atoms with Crippen LogP contribution in [-0.2, 0) is 5.41 Å². The minimum absolute atomic E-state index is 0.0483. The van der Waals surface area contributed by atoms with Crippen molar-refractivity contribution in [3.63, 3.8) is 0 Å². The van der Waals surface area contributed by atoms with Gasteiger partial charge < -0.3 is 8.83 Å². The van der Waals surface area contributed by atoms with Crippen molar-refractivity contribution in [1.82, 2.24) is 0 Å². The minimum Gasteiger partial charge on any atom is -0.463 e. The molecular formula is C17H18O2S. The number of benzene rings is 1. The predicted molar refractivity (Wildman–Crippen MR) is 85.0 cm³/mol. The Morgan fingerprint density at radius 1 is 1.00 bits per heavy atom. The van der Waals surface area contributed by atoms with E-state index in [9.17, 15) is 0 Å². The second kappa shape index (κ2) is 4.19. The van der Waals surface area contributed by atoms with Crippen LogP contribution in [0.25, 0.3) is 21.9 Å². The van der Waals surface area contributed by atoms with Crippen molar-refractivity contribution in [2.75, 3.05) is 0 Å². The summed E-state index contributed by atoms with van der Waals surface area (Å²) in [5.74, 6) is 0. The van der Waals surface area contributed by atoms with Crippen LogP contribution < -0.4 is 0 Å². The maximum Gasteiger partial charge on any atom is 0.191 e. The van der Waals surface area contributed by atoms with Crippen molar-refractivity contribution >= 4 is 34.2 Å². The van der Waals surface area contributed by atoms with Gasteiger partial charge in [-0.15, -0.1) is 0 Å². The minimum atomic E-state index is 0.0483. The van der Waals surface area contributed by atoms with Crippen LogP contribution in [0.2, 0.25) is 0 Å². The Bertz CT molecular complexity index is 876. The molecule has 0 saturated heterocycles. The van der Waals surface area contributed by atoms with Crippen molar-refractivity contribution in [1.29, 1.82) is 0 Å². The van der Waals surface area contributed by atoms with Gasteiger partial charge in [-0.1, -0.05) is 20.8 Å². The van der Waals surface area contributed by atoms with E-state index < -0.39 is 0 Å². The topological polar surface area (TPSA) is 26.3 Å². The molecule has 2 aromatic heterocycles. The first-order valence-electron chi connectivity index (χ1n) is 6.75. The molecule has 20 heavy (non-hydrogen) atoms. The summed E-state index contributed by atoms with van der Waals surface area (Å²) in [6, 6.07) is 3.94. The molecular weight excluding hydrogens is 268 g/mol. The lowest BCUT2D eigenvalue weighted by molar-refractivity contribution is 0.557. The van der Waals surface area contributed by atoms with Crippen molar-refractivity contribution in [3.05, 3.63) is 39.8 Å². The largest absolute Gasteiger partial charge is 0.463 e. The van der Waals surface area contributed by atoms with E-state index in [1.165, 1.54) is 10.9 Å². The number of rotatable bonds is 0. The van der Waals surface area contributed by atoms with Gasteiger partial charge in [0, 0.05) is 10.9 Å². The van der Waals surface area contributed by atoms with E-state index >= 15 is 0 Å². The van der Waals surface area contributed by atoms with Crippen LogP contribution in [0.1, 0.15) is 37.5 Å². The van der Waals surface area contributed by atoms with Crippen LogP contribution in [0.5, 0.6) is 0 Å². The zero-order valence-corrected chi connectivity index (χ0v) is 13.3. The molecule has 104 valence electrons. The average Bonchev–Trinajstić information content (AvgIpc) is 2.72. The van der Waals surface area contributed by atoms with E-state index in [4.69, 9.17) is 21.1 Å². The second-order valence-electron chi connectivity index (χ2n) is 6.42. The maximum absolute atomic E-state index is 5.90. The van der Waals surface area contributed by atoms with Crippen LogP contribution in [0, 0.1) is 18.6 Å². The van der Waals surface area contributed by atoms with E-state index in [-0.39, 0.29) is 5.41 Å². The van der Waals surface area contributed by atoms with E-state index in [2.05, 4.69) is 33.8 Å². The summed E-state index contributed by atoms with van der Waals surface area (Å²) in [5.41, 5.74) is 5.24. The molecule has 0 radical (unpaired) electrons. The van der Waals surface area contributed by atoms with Gasteiger partial charge in [-0.2, -0.15) is 0 Å². The van der Waals surface area contributed by atoms with Crippen LogP contribution in [0.3, 0.4) is 0 Å². The van der Waals surface area contributed by atoms with Crippen molar-refractivity contribution < 1.29 is 8.83 Å². The Morgan fingerprint density at radius 3 is 2.30 bits per heavy atom. The molecule has 0 bridgehead atoms. The number of hydrogen-bond donors (Lipinski definition) is 0. The molecule has 0 aliphatic carbocycles. The molecule has 3 aromatic rings. The summed E-state index contributed by atoms with van der Waals surface area (Å²) in [6.45, 7) is 10.7. The Hall–Kier alpha value is -1.61. The lowest BCUT2D eigenvalue weighted by Gasteiger charge is -2.17. The third-order valence-corrected chi connectivity index (χ3v) is 3.95. The van der Waals surface area contributed by atoms with Gasteiger partial charge >= 0.3 is 0 Å². The van der Waals surface area contributed by atoms with Crippen LogP contribution in [0.15, 0.2) is 27.2 Å². The summed E-state index contributed by atoms with van der Waals surface area (Å²) in [4.78, 5) is 0. The summed E-state index contributed by atoms with van der Waals surface area (Å²) in [5, 5.41) is 2.22. The van der Waals surface area contributed by atoms with Crippen LogP contribution >= 0.6 is 12.2 Å². The SMILES string of the molecule is Cc1cc2oc(=S)cc(C)c2c2occ(C(C)(C)C)c12. The fourth-order valence-corrected chi connectivity index (χ4v) is 3.05. The van der Waals surface area contributed by atoms with Crippen LogP contribution in [-0.4, -0.2) is 0 Å². The fraction of sp³-hybridized carbons (Fsp3) is 0.353. The quantitative estimate of drug-likeness (QED) is 0.487. The molecule has 1 aromatic carbocycles. The van der Waals surface area contributed by atoms with Crippen LogP contribution in [0.4, 0.5) is 0 Å². The monoisotopic (exact) mass is 286 g/mol. The molecule has 0 fully saturated rings. The van der Waals surface area contributed by atoms with E-state index in [1.807, 2.05) is 19.3 Å². The molecule has 0 aliphatic rings. The lowest BCUT2D eigenvalue weighted by Crippen LogP contribution is -2.10. The first kappa shape index (κ1) is 13.4. The van der Waals surface area contributed by atoms with E-state index in [1.54, 1.807) is 0 Å². The Balaban J connectivity index is 2.56. The van der Waals surface area contributed by atoms with Crippen molar-refractivity contribution in [2.24, 2.45) is 0 Å². The summed E-state index contributed by atoms with van der Waals surface area (Å²) >= 11 is 5.16. The molecule has 0 unspecified atom stereocenters. The summed E-state index contributed by atoms with van der Waals surface area (Å²) in [7, 11) is 0. The Morgan fingerprint density at radius 2 is 1.65 bits per heavy atom. The van der Waals surface area contributed by atoms with Gasteiger partial charge in [0.2, 0.25) is 0 Å². The van der Waals surface area contributed by atoms with Gasteiger partial charge in [0.05, 0.1) is 11.6 Å². The average molecular weight is 286 g/mol. The van der Waals surface area contributed by atoms with Gasteiger partial charge in [0.25, 0.3) is 0 Å². The molecule has 2 nitrogen and oxygen atoms in total. The molecule has 3 rings (SSSR count). The molecule has 2 heterocycles. The van der Waals surface area contributed by atoms with E-state index in [0.717, 1.165) is 27.7 Å². The zero-order valence-electron chi connectivity index (χ0n) is 12.5. The van der Waals surface area contributed by atoms with E-state index in [0.29, 0.717) is 4.71 Å². The molecule has 0 spiro atoms. The lowest BCUT2D eigenvalue weighted by atomic mass is 9.85. The number of fused-ring (bicyclic) bond motifs is 3. The molecule has 0 N–H and O–H groups in total. The molecule has 0 atom stereocenters. The first-order chi connectivity index (χ1) is 9.29. The third-order valence-electron chi connectivity index (χ3n) is 3.75. The first-order valence-corrected chi connectivity index (χ1v) is 7.15. The number of hydrogen-bond acceptors (Lipinski definition) is 3. The predicted octanol–water partition coefficient (Wildman–Crippen LogP) is 5.82. The highest BCUT2D eigenvalue weighted by Gasteiger charge is 2.23. The molecule has 0 saturated carbocycles. The summed E-state index contributed by atoms with van der Waals surface area (Å²) < 4.78 is 12.1. The normalized spacial score (nSPS) is 12.4. The molecule has 0 aliphatic heterocycles. The highest BCUT2D eigenvalue weighted by Crippen LogP contribution is 2.38. The van der Waals surface area contributed by atoms with Gasteiger partial charge in [-0.3, -0.25) is 0 Å². The van der Waals surface area contributed by atoms with Crippen molar-refractivity contribution in [2.45, 2.75) is 40.0 Å². The maximum atomic E-state index is 5.90.